The second kappa shape index (κ2) is 25.0. The molecule has 7 rings (SSSR count). The molecule has 70 heavy (non-hydrogen) atoms. The number of rotatable bonds is 7. The van der Waals surface area contributed by atoms with Gasteiger partial charge < -0.3 is 7.43 Å². The molecule has 0 radical (unpaired) electrons. The van der Waals surface area contributed by atoms with E-state index >= 15 is 0 Å². The Labute approximate surface area is 418 Å². The Kier molecular flexibility index (Phi) is 21.6. The van der Waals surface area contributed by atoms with E-state index in [1.54, 1.807) is 56.3 Å². The summed E-state index contributed by atoms with van der Waals surface area (Å²) >= 11 is 5.69. The summed E-state index contributed by atoms with van der Waals surface area (Å²) in [6.45, 7) is 3.35. The Morgan fingerprint density at radius 1 is 0.514 bits per heavy atom. The molecule has 0 bridgehead atoms. The van der Waals surface area contributed by atoms with Crippen molar-refractivity contribution >= 4 is 57.2 Å². The molecule has 0 aliphatic carbocycles. The van der Waals surface area contributed by atoms with Crippen molar-refractivity contribution < 1.29 is 85.2 Å². The van der Waals surface area contributed by atoms with Crippen LogP contribution in [0.5, 0.6) is 0 Å². The molecule has 0 unspecified atom stereocenters. The van der Waals surface area contributed by atoms with Gasteiger partial charge in [0.05, 0.1) is 22.5 Å². The summed E-state index contributed by atoms with van der Waals surface area (Å²) in [5.41, 5.74) is -0.432. The van der Waals surface area contributed by atoms with Gasteiger partial charge in [-0.3, -0.25) is 4.72 Å². The Balaban J connectivity index is 0.000000344. The van der Waals surface area contributed by atoms with Gasteiger partial charge in [-0.05, 0) is 85.6 Å². The third kappa shape index (κ3) is 17.7. The summed E-state index contributed by atoms with van der Waals surface area (Å²) in [7, 11) is -7.25. The van der Waals surface area contributed by atoms with Gasteiger partial charge in [-0.15, -0.1) is 0 Å². The van der Waals surface area contributed by atoms with Crippen molar-refractivity contribution in [1.82, 2.24) is 24.9 Å². The number of aromatic nitrogens is 5. The minimum Gasteiger partial charge on any atom is -0.358 e. The van der Waals surface area contributed by atoms with Crippen LogP contribution in [0.25, 0.3) is 22.5 Å². The number of nitrogens with two attached hydrogens (primary N) is 1. The summed E-state index contributed by atoms with van der Waals surface area (Å²) in [5, 5.41) is 3.16. The molecule has 378 valence electrons. The van der Waals surface area contributed by atoms with Gasteiger partial charge in [-0.2, -0.15) is 47.9 Å². The van der Waals surface area contributed by atoms with E-state index in [9.17, 15) is 64.8 Å². The molecule has 0 saturated carbocycles. The van der Waals surface area contributed by atoms with Gasteiger partial charge in [-0.1, -0.05) is 78.3 Å². The molecule has 0 aliphatic rings. The van der Waals surface area contributed by atoms with Crippen molar-refractivity contribution in [3.8, 4) is 22.5 Å². The molecule has 0 saturated heterocycles. The molecule has 3 N–H and O–H groups in total. The first kappa shape index (κ1) is 60.5. The molecule has 13 nitrogen and oxygen atoms in total. The molecular weight excluding hydrogens is 1140 g/mol. The second-order valence-electron chi connectivity index (χ2n) is 13.2. The van der Waals surface area contributed by atoms with E-state index < -0.39 is 91.2 Å². The molecule has 28 heteroatoms. The average Bonchev–Trinajstić information content (AvgIpc) is 3.23. The minimum absolute atomic E-state index is 0. The van der Waals surface area contributed by atoms with E-state index in [0.717, 1.165) is 72.3 Å². The number of hydrogen-bond acceptors (Lipinski definition) is 11. The fraction of sp³-hybridized carbons (Fsp3) is 0.0952. The summed E-state index contributed by atoms with van der Waals surface area (Å²) in [6, 6.07) is 26.7. The van der Waals surface area contributed by atoms with Crippen LogP contribution in [0.1, 0.15) is 22.3 Å². The molecule has 0 atom stereocenters. The number of pyridine rings is 5. The Morgan fingerprint density at radius 2 is 0.900 bits per heavy atom. The molecule has 0 fully saturated rings. The maximum Gasteiger partial charge on any atom is 0.418 e. The number of alkyl halides is 6. The van der Waals surface area contributed by atoms with Crippen molar-refractivity contribution in [1.29, 1.82) is 0 Å². The number of aryl methyl sites for hydroxylation is 2. The van der Waals surface area contributed by atoms with Crippen LogP contribution in [0.3, 0.4) is 0 Å². The summed E-state index contributed by atoms with van der Waals surface area (Å²) < 4.78 is 186. The molecular formula is C42H33Cl2F9N7O6PdS3-. The van der Waals surface area contributed by atoms with Crippen LogP contribution in [0.4, 0.5) is 45.3 Å². The minimum atomic E-state index is -4.69. The molecule has 7 aromatic rings. The SMILES string of the molecule is Cc1ccccc1-c1nc(Cl)ccc1C(F)(F)F.Cc1ccccc1-c1nc(NS(=O)(=O)c2cccc(F)n2)ccc1C(F)(F)F.NS(=O)(=O)c1cccc(F)n1.O=S(=O)(Cl)c1cccc(F)n1.[CH3-].[Pd]. The predicted octanol–water partition coefficient (Wildman–Crippen LogP) is 10.6. The summed E-state index contributed by atoms with van der Waals surface area (Å²) in [4.78, 5) is 17.1. The van der Waals surface area contributed by atoms with E-state index in [1.165, 1.54) is 18.2 Å². The molecule has 5 aromatic heterocycles. The Bertz CT molecular complexity index is 3200. The Morgan fingerprint density at radius 3 is 1.29 bits per heavy atom. The van der Waals surface area contributed by atoms with Crippen molar-refractivity contribution in [2.24, 2.45) is 5.14 Å². The number of halogens is 11. The fourth-order valence-electron chi connectivity index (χ4n) is 5.30. The van der Waals surface area contributed by atoms with Gasteiger partial charge in [0.2, 0.25) is 17.8 Å². The first-order chi connectivity index (χ1) is 31.5. The number of nitrogens with zero attached hydrogens (tertiary/aromatic N) is 5. The quantitative estimate of drug-likeness (QED) is 0.0505. The van der Waals surface area contributed by atoms with Crippen LogP contribution in [-0.4, -0.2) is 50.2 Å². The van der Waals surface area contributed by atoms with E-state index in [2.05, 4.69) is 30.1 Å². The average molecular weight is 1180 g/mol. The van der Waals surface area contributed by atoms with Crippen LogP contribution in [-0.2, 0) is 61.9 Å². The summed E-state index contributed by atoms with van der Waals surface area (Å²) in [5.74, 6) is -3.09. The van der Waals surface area contributed by atoms with Gasteiger partial charge in [0.25, 0.3) is 29.1 Å². The molecule has 5 heterocycles. The number of primary sulfonamides is 1. The number of anilines is 1. The smallest absolute Gasteiger partial charge is 0.358 e. The first-order valence-electron chi connectivity index (χ1n) is 18.3. The normalized spacial score (nSPS) is 11.4. The number of benzene rings is 2. The van der Waals surface area contributed by atoms with E-state index in [0.29, 0.717) is 11.1 Å². The molecule has 0 amide bonds. The van der Waals surface area contributed by atoms with Crippen molar-refractivity contribution in [3.63, 3.8) is 0 Å². The van der Waals surface area contributed by atoms with E-state index in [1.807, 2.05) is 4.72 Å². The van der Waals surface area contributed by atoms with Crippen LogP contribution in [0.2, 0.25) is 5.15 Å². The van der Waals surface area contributed by atoms with Crippen LogP contribution in [0, 0.1) is 39.1 Å². The first-order valence-corrected chi connectivity index (χ1v) is 24.0. The van der Waals surface area contributed by atoms with Crippen LogP contribution < -0.4 is 9.86 Å². The number of hydrogen-bond donors (Lipinski definition) is 2. The standard InChI is InChI=1S/C18H13F4N3O2S.C13H9ClF3N.C5H3ClFNO2S.C5H5FN2O2S.CH3.Pd/c1-11-5-2-3-6-12(11)17-13(18(20,21)22)9-10-15(24-17)25-28(26,27)16-8-4-7-14(19)23-16;1-8-4-2-3-5-9(8)12-10(13(15,16)17)6-7-11(14)18-12;6-11(9,10)5-3-1-2-4(7)8-5;6-4-2-1-3-5(8-4)11(7,9)10;;/h2-10H,1H3,(H,24,25);2-7H,1H3;1-3H;1-3H,(H2,7,9,10);1H3;/q;;;;-1;. The third-order valence-corrected chi connectivity index (χ3v) is 11.8. The van der Waals surface area contributed by atoms with E-state index in [4.69, 9.17) is 22.3 Å². The number of nitrogens with one attached hydrogen (secondary N) is 1. The summed E-state index contributed by atoms with van der Waals surface area (Å²) in [6.07, 6.45) is -9.14. The zero-order valence-electron chi connectivity index (χ0n) is 35.6. The monoisotopic (exact) mass is 1170 g/mol. The zero-order chi connectivity index (χ0) is 50.8. The maximum atomic E-state index is 13.4. The topological polar surface area (TPSA) is 205 Å². The van der Waals surface area contributed by atoms with Crippen LogP contribution >= 0.6 is 22.3 Å². The van der Waals surface area contributed by atoms with Crippen LogP contribution in [0.15, 0.2) is 142 Å². The largest absolute Gasteiger partial charge is 0.418 e. The Hall–Kier alpha value is -5.59. The predicted molar refractivity (Wildman–Crippen MR) is 238 cm³/mol. The van der Waals surface area contributed by atoms with Gasteiger partial charge >= 0.3 is 12.4 Å². The zero-order valence-corrected chi connectivity index (χ0v) is 41.1. The van der Waals surface area contributed by atoms with Gasteiger partial charge in [0.1, 0.15) is 11.0 Å². The van der Waals surface area contributed by atoms with Gasteiger partial charge in [0, 0.05) is 42.2 Å². The third-order valence-electron chi connectivity index (χ3n) is 8.29. The van der Waals surface area contributed by atoms with Crippen molar-refractivity contribution in [3.05, 3.63) is 180 Å². The maximum absolute atomic E-state index is 13.4. The van der Waals surface area contributed by atoms with Gasteiger partial charge in [-0.25, -0.2) is 46.9 Å². The van der Waals surface area contributed by atoms with Crippen molar-refractivity contribution in [2.75, 3.05) is 4.72 Å². The fourth-order valence-corrected chi connectivity index (χ4v) is 7.58. The van der Waals surface area contributed by atoms with Gasteiger partial charge in [0.15, 0.2) is 15.1 Å². The van der Waals surface area contributed by atoms with Crippen molar-refractivity contribution in [2.45, 2.75) is 41.3 Å². The second-order valence-corrected chi connectivity index (χ2v) is 19.3. The molecule has 0 spiro atoms. The molecule has 0 aliphatic heterocycles. The number of sulfonamides is 2. The molecule has 2 aromatic carbocycles. The van der Waals surface area contributed by atoms with E-state index in [-0.39, 0.29) is 50.1 Å².